The Bertz CT molecular complexity index is 325. The summed E-state index contributed by atoms with van der Waals surface area (Å²) in [7, 11) is 1.33. The Morgan fingerprint density at radius 1 is 1.28 bits per heavy atom. The maximum Gasteiger partial charge on any atom is 0.471 e. The smallest absolute Gasteiger partial charge is 0.335 e. The third-order valence-electron chi connectivity index (χ3n) is 2.83. The van der Waals surface area contributed by atoms with Gasteiger partial charge in [0.2, 0.25) is 5.91 Å². The lowest BCUT2D eigenvalue weighted by Gasteiger charge is -2.36. The van der Waals surface area contributed by atoms with Crippen molar-refractivity contribution in [1.29, 1.82) is 0 Å². The largest absolute Gasteiger partial charge is 0.471 e. The van der Waals surface area contributed by atoms with Crippen LogP contribution >= 0.6 is 0 Å². The van der Waals surface area contributed by atoms with Crippen LogP contribution in [0.1, 0.15) is 19.8 Å². The van der Waals surface area contributed by atoms with E-state index in [1.807, 2.05) is 0 Å². The fourth-order valence-corrected chi connectivity index (χ4v) is 2.02. The molecule has 0 spiro atoms. The predicted molar refractivity (Wildman–Crippen MR) is 55.2 cm³/mol. The van der Waals surface area contributed by atoms with Crippen molar-refractivity contribution >= 4 is 11.8 Å². The normalized spacial score (nSPS) is 17.7. The Morgan fingerprint density at radius 3 is 2.11 bits per heavy atom. The molecule has 0 N–H and O–H groups in total. The molecule has 18 heavy (non-hydrogen) atoms. The van der Waals surface area contributed by atoms with Crippen LogP contribution in [0.15, 0.2) is 0 Å². The average Bonchev–Trinajstić information content (AvgIpc) is 2.28. The van der Waals surface area contributed by atoms with Crippen LogP contribution in [0.25, 0.3) is 0 Å². The van der Waals surface area contributed by atoms with E-state index in [-0.39, 0.29) is 37.9 Å². The van der Waals surface area contributed by atoms with E-state index in [0.29, 0.717) is 0 Å². The molecule has 1 aliphatic heterocycles. The van der Waals surface area contributed by atoms with Gasteiger partial charge in [0.15, 0.2) is 0 Å². The summed E-state index contributed by atoms with van der Waals surface area (Å²) in [6, 6.07) is -0.287. The van der Waals surface area contributed by atoms with Crippen LogP contribution in [0.2, 0.25) is 0 Å². The molecule has 0 bridgehead atoms. The second-order valence-corrected chi connectivity index (χ2v) is 4.05. The van der Waals surface area contributed by atoms with Crippen molar-refractivity contribution in [3.05, 3.63) is 0 Å². The van der Waals surface area contributed by atoms with Gasteiger partial charge in [-0.25, -0.2) is 5.06 Å². The lowest BCUT2D eigenvalue weighted by molar-refractivity contribution is -0.197. The van der Waals surface area contributed by atoms with Crippen LogP contribution in [-0.2, 0) is 14.4 Å². The average molecular weight is 268 g/mol. The Kier molecular flexibility index (Phi) is 4.55. The summed E-state index contributed by atoms with van der Waals surface area (Å²) in [6.07, 6.45) is -4.29. The van der Waals surface area contributed by atoms with Gasteiger partial charge in [-0.2, -0.15) is 13.2 Å². The van der Waals surface area contributed by atoms with Crippen molar-refractivity contribution in [3.8, 4) is 0 Å². The van der Waals surface area contributed by atoms with Gasteiger partial charge in [0.05, 0.1) is 13.2 Å². The number of piperidine rings is 1. The van der Waals surface area contributed by atoms with Crippen molar-refractivity contribution < 1.29 is 27.6 Å². The highest BCUT2D eigenvalue weighted by molar-refractivity contribution is 5.82. The van der Waals surface area contributed by atoms with Crippen molar-refractivity contribution in [1.82, 2.24) is 9.96 Å². The van der Waals surface area contributed by atoms with Gasteiger partial charge in [0, 0.05) is 20.0 Å². The number of rotatable bonds is 2. The van der Waals surface area contributed by atoms with Crippen LogP contribution in [0.4, 0.5) is 13.2 Å². The maximum atomic E-state index is 12.2. The van der Waals surface area contributed by atoms with Crippen LogP contribution in [-0.4, -0.2) is 54.2 Å². The van der Waals surface area contributed by atoms with Gasteiger partial charge in [-0.1, -0.05) is 0 Å². The molecule has 1 fully saturated rings. The van der Waals surface area contributed by atoms with E-state index >= 15 is 0 Å². The van der Waals surface area contributed by atoms with Gasteiger partial charge in [0.1, 0.15) is 0 Å². The summed E-state index contributed by atoms with van der Waals surface area (Å²) in [5.74, 6) is -2.13. The van der Waals surface area contributed by atoms with E-state index in [1.54, 1.807) is 0 Å². The molecule has 0 aromatic rings. The fourth-order valence-electron chi connectivity index (χ4n) is 2.02. The first-order valence-corrected chi connectivity index (χ1v) is 5.47. The molecule has 1 heterocycles. The molecular formula is C10H15F3N2O3. The molecule has 0 aromatic carbocycles. The van der Waals surface area contributed by atoms with Crippen LogP contribution in [0.3, 0.4) is 0 Å². The molecule has 0 atom stereocenters. The number of hydrogen-bond donors (Lipinski definition) is 0. The highest BCUT2D eigenvalue weighted by Crippen LogP contribution is 2.23. The molecular weight excluding hydrogens is 253 g/mol. The molecule has 8 heteroatoms. The highest BCUT2D eigenvalue weighted by Gasteiger charge is 2.43. The van der Waals surface area contributed by atoms with Gasteiger partial charge in [-0.15, -0.1) is 0 Å². The van der Waals surface area contributed by atoms with E-state index in [2.05, 4.69) is 0 Å². The second-order valence-electron chi connectivity index (χ2n) is 4.05. The van der Waals surface area contributed by atoms with E-state index < -0.39 is 12.1 Å². The van der Waals surface area contributed by atoms with Crippen molar-refractivity contribution in [2.24, 2.45) is 0 Å². The Balaban J connectivity index is 2.56. The van der Waals surface area contributed by atoms with Crippen molar-refractivity contribution in [2.75, 3.05) is 20.2 Å². The molecule has 0 aromatic heterocycles. The summed E-state index contributed by atoms with van der Waals surface area (Å²) in [5.41, 5.74) is 0. The van der Waals surface area contributed by atoms with Gasteiger partial charge in [-0.05, 0) is 12.8 Å². The summed E-state index contributed by atoms with van der Waals surface area (Å²) < 4.78 is 36.6. The SMILES string of the molecule is CON(C(C)=O)C1CCN(C(=O)C(F)(F)F)CC1. The van der Waals surface area contributed by atoms with E-state index in [0.717, 1.165) is 9.96 Å². The number of carbonyl (C=O) groups is 2. The molecule has 0 saturated carbocycles. The zero-order chi connectivity index (χ0) is 13.9. The maximum absolute atomic E-state index is 12.2. The summed E-state index contributed by atoms with van der Waals surface area (Å²) in [6.45, 7) is 1.25. The number of halogens is 3. The summed E-state index contributed by atoms with van der Waals surface area (Å²) in [4.78, 5) is 27.8. The quantitative estimate of drug-likeness (QED) is 0.701. The first-order chi connectivity index (χ1) is 8.27. The van der Waals surface area contributed by atoms with E-state index in [4.69, 9.17) is 4.84 Å². The number of amides is 2. The number of alkyl halides is 3. The molecule has 2 amide bonds. The summed E-state index contributed by atoms with van der Waals surface area (Å²) in [5, 5.41) is 1.13. The molecule has 5 nitrogen and oxygen atoms in total. The van der Waals surface area contributed by atoms with Crippen molar-refractivity contribution in [2.45, 2.75) is 32.0 Å². The highest BCUT2D eigenvalue weighted by atomic mass is 19.4. The Morgan fingerprint density at radius 2 is 1.78 bits per heavy atom. The van der Waals surface area contributed by atoms with E-state index in [9.17, 15) is 22.8 Å². The van der Waals surface area contributed by atoms with Crippen LogP contribution < -0.4 is 0 Å². The Hall–Kier alpha value is -1.31. The molecule has 1 saturated heterocycles. The lowest BCUT2D eigenvalue weighted by atomic mass is 10.0. The van der Waals surface area contributed by atoms with Gasteiger partial charge in [0.25, 0.3) is 0 Å². The minimum atomic E-state index is -4.84. The van der Waals surface area contributed by atoms with Gasteiger partial charge in [-0.3, -0.25) is 14.4 Å². The number of nitrogens with zero attached hydrogens (tertiary/aromatic N) is 2. The standard InChI is InChI=1S/C10H15F3N2O3/c1-7(16)15(18-2)8-3-5-14(6-4-8)9(17)10(11,12)13/h8H,3-6H2,1-2H3. The van der Waals surface area contributed by atoms with E-state index in [1.165, 1.54) is 14.0 Å². The lowest BCUT2D eigenvalue weighted by Crippen LogP contribution is -2.50. The topological polar surface area (TPSA) is 49.9 Å². The zero-order valence-corrected chi connectivity index (χ0v) is 10.2. The number of carbonyl (C=O) groups excluding carboxylic acids is 2. The number of hydroxylamine groups is 2. The third-order valence-corrected chi connectivity index (χ3v) is 2.83. The minimum absolute atomic E-state index is 0.0316. The molecule has 0 aliphatic carbocycles. The molecule has 104 valence electrons. The summed E-state index contributed by atoms with van der Waals surface area (Å²) >= 11 is 0. The molecule has 0 unspecified atom stereocenters. The number of likely N-dealkylation sites (tertiary alicyclic amines) is 1. The third kappa shape index (κ3) is 3.34. The zero-order valence-electron chi connectivity index (χ0n) is 10.2. The first kappa shape index (κ1) is 14.7. The Labute approximate surface area is 102 Å². The van der Waals surface area contributed by atoms with Gasteiger partial charge < -0.3 is 4.90 Å². The van der Waals surface area contributed by atoms with Crippen LogP contribution in [0, 0.1) is 0 Å². The molecule has 1 rings (SSSR count). The second kappa shape index (κ2) is 5.55. The molecule has 1 aliphatic rings. The van der Waals surface area contributed by atoms with Crippen molar-refractivity contribution in [3.63, 3.8) is 0 Å². The van der Waals surface area contributed by atoms with Crippen LogP contribution in [0.5, 0.6) is 0 Å². The fraction of sp³-hybridized carbons (Fsp3) is 0.800. The predicted octanol–water partition coefficient (Wildman–Crippen LogP) is 0.950. The minimum Gasteiger partial charge on any atom is -0.335 e. The van der Waals surface area contributed by atoms with Gasteiger partial charge >= 0.3 is 12.1 Å². The molecule has 0 radical (unpaired) electrons. The monoisotopic (exact) mass is 268 g/mol. The first-order valence-electron chi connectivity index (χ1n) is 5.47. The number of hydrogen-bond acceptors (Lipinski definition) is 3.